The van der Waals surface area contributed by atoms with E-state index < -0.39 is 53.8 Å². The van der Waals surface area contributed by atoms with E-state index in [1.165, 1.54) is 0 Å². The molecule has 0 aliphatic rings. The smallest absolute Gasteiger partial charge is 0.268 e. The second kappa shape index (κ2) is 18.2. The first-order valence-electron chi connectivity index (χ1n) is 27.1. The molecule has 0 spiro atoms. The summed E-state index contributed by atoms with van der Waals surface area (Å²) in [5.41, 5.74) is 5.00. The van der Waals surface area contributed by atoms with Crippen molar-refractivity contribution in [2.45, 2.75) is 80.5 Å². The molecule has 0 aliphatic heterocycles. The monoisotopic (exact) mass is 1080 g/mol. The summed E-state index contributed by atoms with van der Waals surface area (Å²) in [5.74, 6) is 1.62. The number of nitrogens with zero attached hydrogens (tertiary/aromatic N) is 4. The van der Waals surface area contributed by atoms with Gasteiger partial charge in [-0.25, -0.2) is 4.98 Å². The number of pyridine rings is 1. The second-order valence-electron chi connectivity index (χ2n) is 20.1. The number of benzene rings is 7. The minimum absolute atomic E-state index is 0. The quantitative estimate of drug-likeness (QED) is 0.107. The van der Waals surface area contributed by atoms with E-state index in [-0.39, 0.29) is 48.7 Å². The Balaban J connectivity index is 0.00000722. The molecule has 344 valence electrons. The average molecular weight is 1080 g/mol. The van der Waals surface area contributed by atoms with Crippen molar-refractivity contribution in [3.05, 3.63) is 199 Å². The van der Waals surface area contributed by atoms with E-state index in [9.17, 15) is 8.22 Å². The summed E-state index contributed by atoms with van der Waals surface area (Å²) < 4.78 is 94.7. The van der Waals surface area contributed by atoms with Crippen molar-refractivity contribution in [2.75, 3.05) is 0 Å². The van der Waals surface area contributed by atoms with Crippen molar-refractivity contribution in [2.24, 2.45) is 10.8 Å². The van der Waals surface area contributed by atoms with Gasteiger partial charge >= 0.3 is 0 Å². The van der Waals surface area contributed by atoms with Gasteiger partial charge in [0.1, 0.15) is 5.82 Å². The predicted molar refractivity (Wildman–Crippen MR) is 276 cm³/mol. The van der Waals surface area contributed by atoms with E-state index in [1.807, 2.05) is 89.6 Å². The summed E-state index contributed by atoms with van der Waals surface area (Å²) in [6, 6.07) is 44.5. The maximum Gasteiger partial charge on any atom is 0.268 e. The fourth-order valence-corrected chi connectivity index (χ4v) is 8.72. The third-order valence-electron chi connectivity index (χ3n) is 11.5. The van der Waals surface area contributed by atoms with Gasteiger partial charge in [-0.3, -0.25) is 4.57 Å². The van der Waals surface area contributed by atoms with Gasteiger partial charge in [-0.2, -0.15) is 18.2 Å². The zero-order valence-corrected chi connectivity index (χ0v) is 42.0. The molecule has 10 rings (SSSR count). The minimum Gasteiger partial charge on any atom is -0.510 e. The number of aromatic nitrogens is 4. The van der Waals surface area contributed by atoms with Crippen molar-refractivity contribution in [3.63, 3.8) is 0 Å². The molecular weight excluding hydrogens is 1010 g/mol. The van der Waals surface area contributed by atoms with Crippen LogP contribution in [0, 0.1) is 29.3 Å². The third kappa shape index (κ3) is 9.47. The molecule has 0 saturated carbocycles. The van der Waals surface area contributed by atoms with Gasteiger partial charge in [0.25, 0.3) is 6.33 Å². The van der Waals surface area contributed by atoms with Crippen LogP contribution in [0.1, 0.15) is 91.3 Å². The van der Waals surface area contributed by atoms with Gasteiger partial charge in [0.15, 0.2) is 0 Å². The van der Waals surface area contributed by atoms with Crippen LogP contribution in [0.5, 0.6) is 11.5 Å². The zero-order valence-electron chi connectivity index (χ0n) is 48.7. The van der Waals surface area contributed by atoms with Gasteiger partial charge in [0, 0.05) is 49.8 Å². The number of rotatable bonds is 9. The van der Waals surface area contributed by atoms with Crippen LogP contribution in [0.4, 0.5) is 0 Å². The van der Waals surface area contributed by atoms with Gasteiger partial charge in [0.05, 0.1) is 23.6 Å². The minimum atomic E-state index is -1.94. The van der Waals surface area contributed by atoms with Crippen LogP contribution in [-0.2, 0) is 39.2 Å². The Labute approximate surface area is 429 Å². The first-order chi connectivity index (χ1) is 35.7. The van der Waals surface area contributed by atoms with E-state index >= 15 is 0 Å². The standard InChI is InChI=1S/C62H58N4O.Pt/c1-60(2,3)39-42-33-43(40-61(4,5)6)35-45(34-42)51-25-18-24-50(44-19-11-10-12-20-44)59(51)65-41-64(55-27-15-16-28-56(55)65)47-21-17-22-48(37-47)67-49-29-30-53-52-23-13-14-26-54(52)66(57(53)38-49)58-36-46(31-32-63-58)62(7,8)9;/h10-36H,39-40H2,1-9H3;/q-2;/i10D,11D,12D,19D,20D,39D2,40D2;. The molecular formula is C62H58N4OPt-2. The van der Waals surface area contributed by atoms with Crippen molar-refractivity contribution in [1.29, 1.82) is 0 Å². The molecule has 0 aliphatic carbocycles. The van der Waals surface area contributed by atoms with Crippen LogP contribution in [0.3, 0.4) is 0 Å². The van der Waals surface area contributed by atoms with Crippen LogP contribution in [0.15, 0.2) is 164 Å². The fraction of sp³-hybridized carbons (Fsp3) is 0.226. The largest absolute Gasteiger partial charge is 0.510 e. The maximum absolute atomic E-state index is 9.48. The van der Waals surface area contributed by atoms with Crippen molar-refractivity contribution >= 4 is 32.8 Å². The molecule has 3 heterocycles. The van der Waals surface area contributed by atoms with Crippen LogP contribution in [0.25, 0.3) is 72.3 Å². The third-order valence-corrected chi connectivity index (χ3v) is 11.5. The normalized spacial score (nSPS) is 14.5. The molecule has 0 atom stereocenters. The predicted octanol–water partition coefficient (Wildman–Crippen LogP) is 15.4. The molecule has 0 N–H and O–H groups in total. The molecule has 7 aromatic carbocycles. The zero-order chi connectivity index (χ0) is 54.6. The average Bonchev–Trinajstić information content (AvgIpc) is 3.99. The molecule has 6 heteroatoms. The molecule has 0 amide bonds. The Morgan fingerprint density at radius 2 is 1.28 bits per heavy atom. The molecule has 68 heavy (non-hydrogen) atoms. The number of ether oxygens (including phenoxy) is 1. The first-order valence-corrected chi connectivity index (χ1v) is 22.6. The number of imidazole rings is 1. The van der Waals surface area contributed by atoms with Crippen molar-refractivity contribution in [3.8, 4) is 50.9 Å². The van der Waals surface area contributed by atoms with Crippen LogP contribution >= 0.6 is 0 Å². The number of fused-ring (bicyclic) bond motifs is 4. The number of hydrogen-bond donors (Lipinski definition) is 0. The summed E-state index contributed by atoms with van der Waals surface area (Å²) in [6.07, 6.45) is 1.52. The molecule has 0 unspecified atom stereocenters. The van der Waals surface area contributed by atoms with E-state index in [4.69, 9.17) is 13.8 Å². The molecule has 0 bridgehead atoms. The number of hydrogen-bond acceptors (Lipinski definition) is 2. The molecule has 3 aromatic heterocycles. The van der Waals surface area contributed by atoms with Crippen LogP contribution in [-0.4, -0.2) is 14.1 Å². The molecule has 10 aromatic rings. The van der Waals surface area contributed by atoms with Gasteiger partial charge in [-0.1, -0.05) is 177 Å². The molecule has 0 saturated heterocycles. The number of para-hydroxylation sites is 4. The maximum atomic E-state index is 9.48. The molecule has 5 nitrogen and oxygen atoms in total. The van der Waals surface area contributed by atoms with Gasteiger partial charge in [-0.15, -0.1) is 29.7 Å². The van der Waals surface area contributed by atoms with E-state index in [0.717, 1.165) is 33.2 Å². The summed E-state index contributed by atoms with van der Waals surface area (Å²) in [4.78, 5) is 4.83. The Kier molecular flexibility index (Phi) is 9.75. The summed E-state index contributed by atoms with van der Waals surface area (Å²) in [5, 5.41) is 2.05. The Hall–Kier alpha value is -6.55. The topological polar surface area (TPSA) is 35.9 Å². The fourth-order valence-electron chi connectivity index (χ4n) is 8.72. The summed E-state index contributed by atoms with van der Waals surface area (Å²) in [6.45, 7) is 17.4. The summed E-state index contributed by atoms with van der Waals surface area (Å²) in [7, 11) is 0. The Morgan fingerprint density at radius 1 is 0.632 bits per heavy atom. The Morgan fingerprint density at radius 3 is 1.99 bits per heavy atom. The van der Waals surface area contributed by atoms with Crippen LogP contribution in [0.2, 0.25) is 0 Å². The van der Waals surface area contributed by atoms with Crippen LogP contribution < -0.4 is 9.30 Å². The Bertz CT molecular complexity index is 3880. The van der Waals surface area contributed by atoms with Gasteiger partial charge < -0.3 is 13.9 Å². The van der Waals surface area contributed by atoms with Gasteiger partial charge in [0.2, 0.25) is 0 Å². The first kappa shape index (κ1) is 36.5. The van der Waals surface area contributed by atoms with E-state index in [0.29, 0.717) is 45.0 Å². The molecule has 0 fully saturated rings. The second-order valence-corrected chi connectivity index (χ2v) is 20.1. The van der Waals surface area contributed by atoms with Crippen molar-refractivity contribution in [1.82, 2.24) is 14.1 Å². The van der Waals surface area contributed by atoms with Gasteiger partial charge in [-0.05, 0) is 97.2 Å². The van der Waals surface area contributed by atoms with Crippen molar-refractivity contribution < 1.29 is 42.7 Å². The van der Waals surface area contributed by atoms with E-state index in [2.05, 4.69) is 62.0 Å². The molecule has 0 radical (unpaired) electrons. The van der Waals surface area contributed by atoms with E-state index in [1.54, 1.807) is 76.4 Å². The summed E-state index contributed by atoms with van der Waals surface area (Å²) >= 11 is 0. The SMILES string of the molecule is [2H]c1c([2H])c([2H])c(-c2cccc(-c3cc(C([2H])([2H])C(C)(C)C)cc(C([2H])([2H])C(C)(C)C)c3)c2-[n+]2[c-]n(-c3[c-]c(Oc4[c-]c5c(cc4)c4ccccc4n5-c4cc(C(C)(C)C)ccn4)ccc3)c3ccccc32)c([2H])c1[2H].[Pt].